The van der Waals surface area contributed by atoms with Gasteiger partial charge < -0.3 is 9.64 Å². The van der Waals surface area contributed by atoms with E-state index in [-0.39, 0.29) is 5.97 Å². The molecule has 0 aromatic carbocycles. The number of aryl methyl sites for hydroxylation is 1. The molecular weight excluding hydrogens is 248 g/mol. The molecular formula is C13H18N2O2S. The largest absolute Gasteiger partial charge is 0.461 e. The van der Waals surface area contributed by atoms with Crippen molar-refractivity contribution in [1.82, 2.24) is 4.98 Å². The van der Waals surface area contributed by atoms with Gasteiger partial charge in [0.2, 0.25) is 0 Å². The number of hydrogen-bond donors (Lipinski definition) is 0. The molecule has 3 rings (SSSR count). The Morgan fingerprint density at radius 1 is 1.56 bits per heavy atom. The van der Waals surface area contributed by atoms with Crippen LogP contribution >= 0.6 is 11.3 Å². The van der Waals surface area contributed by atoms with Crippen LogP contribution < -0.4 is 4.90 Å². The van der Waals surface area contributed by atoms with E-state index in [0.717, 1.165) is 22.5 Å². The van der Waals surface area contributed by atoms with Crippen LogP contribution in [0.5, 0.6) is 0 Å². The maximum Gasteiger partial charge on any atom is 0.358 e. The van der Waals surface area contributed by atoms with Gasteiger partial charge in [-0.1, -0.05) is 0 Å². The minimum Gasteiger partial charge on any atom is -0.461 e. The molecule has 1 aliphatic carbocycles. The third-order valence-corrected chi connectivity index (χ3v) is 4.92. The lowest BCUT2D eigenvalue weighted by Gasteiger charge is -2.26. The summed E-state index contributed by atoms with van der Waals surface area (Å²) in [5.41, 5.74) is 0.500. The number of carbonyl (C=O) groups is 1. The van der Waals surface area contributed by atoms with E-state index in [2.05, 4.69) is 9.88 Å². The number of hydrogen-bond acceptors (Lipinski definition) is 5. The van der Waals surface area contributed by atoms with Crippen LogP contribution in [0.2, 0.25) is 0 Å². The van der Waals surface area contributed by atoms with E-state index < -0.39 is 0 Å². The first-order valence-electron chi connectivity index (χ1n) is 6.60. The average Bonchev–Trinajstić information content (AvgIpc) is 3.02. The van der Waals surface area contributed by atoms with Crippen molar-refractivity contribution in [2.45, 2.75) is 39.2 Å². The van der Waals surface area contributed by atoms with Crippen molar-refractivity contribution in [3.8, 4) is 0 Å². The predicted octanol–water partition coefficient (Wildman–Crippen LogP) is 2.62. The van der Waals surface area contributed by atoms with Crippen LogP contribution in [0.15, 0.2) is 0 Å². The molecule has 0 amide bonds. The summed E-state index contributed by atoms with van der Waals surface area (Å²) >= 11 is 1.62. The van der Waals surface area contributed by atoms with Gasteiger partial charge in [0.05, 0.1) is 6.61 Å². The van der Waals surface area contributed by atoms with Crippen LogP contribution in [0.25, 0.3) is 0 Å². The first kappa shape index (κ1) is 12.0. The van der Waals surface area contributed by atoms with Crippen LogP contribution in [-0.2, 0) is 4.74 Å². The molecule has 1 saturated heterocycles. The molecule has 2 fully saturated rings. The minimum absolute atomic E-state index is 0.290. The maximum absolute atomic E-state index is 11.8. The number of aromatic nitrogens is 1. The van der Waals surface area contributed by atoms with Gasteiger partial charge >= 0.3 is 5.97 Å². The Hall–Kier alpha value is -1.10. The fraction of sp³-hybridized carbons (Fsp3) is 0.692. The second-order valence-corrected chi connectivity index (χ2v) is 6.29. The Morgan fingerprint density at radius 2 is 2.39 bits per heavy atom. The molecule has 98 valence electrons. The maximum atomic E-state index is 11.8. The van der Waals surface area contributed by atoms with Crippen LogP contribution in [0.3, 0.4) is 0 Å². The van der Waals surface area contributed by atoms with Gasteiger partial charge in [0.25, 0.3) is 0 Å². The molecule has 1 saturated carbocycles. The SMILES string of the molecule is CCOC(=O)c1nc(N2CC3CCC2C3)sc1C. The van der Waals surface area contributed by atoms with Crippen LogP contribution in [0.4, 0.5) is 5.13 Å². The molecule has 0 radical (unpaired) electrons. The molecule has 0 N–H and O–H groups in total. The van der Waals surface area contributed by atoms with Gasteiger partial charge in [-0.05, 0) is 39.0 Å². The average molecular weight is 266 g/mol. The lowest BCUT2D eigenvalue weighted by Crippen LogP contribution is -2.31. The Labute approximate surface area is 111 Å². The van der Waals surface area contributed by atoms with E-state index in [1.54, 1.807) is 11.3 Å². The number of esters is 1. The first-order valence-corrected chi connectivity index (χ1v) is 7.42. The number of thiazole rings is 1. The van der Waals surface area contributed by atoms with Crippen molar-refractivity contribution in [2.75, 3.05) is 18.1 Å². The summed E-state index contributed by atoms with van der Waals surface area (Å²) < 4.78 is 5.03. The molecule has 2 unspecified atom stereocenters. The Kier molecular flexibility index (Phi) is 3.01. The summed E-state index contributed by atoms with van der Waals surface area (Å²) in [4.78, 5) is 19.6. The topological polar surface area (TPSA) is 42.4 Å². The highest BCUT2D eigenvalue weighted by Crippen LogP contribution is 2.41. The summed E-state index contributed by atoms with van der Waals surface area (Å²) in [5, 5.41) is 1.00. The normalized spacial score (nSPS) is 25.8. The van der Waals surface area contributed by atoms with Gasteiger partial charge in [0.1, 0.15) is 0 Å². The summed E-state index contributed by atoms with van der Waals surface area (Å²) in [6.45, 7) is 5.28. The van der Waals surface area contributed by atoms with E-state index in [1.165, 1.54) is 19.3 Å². The van der Waals surface area contributed by atoms with E-state index in [0.29, 0.717) is 18.3 Å². The van der Waals surface area contributed by atoms with Crippen LogP contribution in [0.1, 0.15) is 41.6 Å². The van der Waals surface area contributed by atoms with Gasteiger partial charge in [-0.3, -0.25) is 0 Å². The quantitative estimate of drug-likeness (QED) is 0.789. The number of piperidine rings is 1. The molecule has 1 aliphatic heterocycles. The lowest BCUT2D eigenvalue weighted by atomic mass is 10.1. The summed E-state index contributed by atoms with van der Waals surface area (Å²) in [5.74, 6) is 0.548. The van der Waals surface area contributed by atoms with Crippen molar-refractivity contribution >= 4 is 22.4 Å². The molecule has 5 heteroatoms. The first-order chi connectivity index (χ1) is 8.69. The Morgan fingerprint density at radius 3 is 3.00 bits per heavy atom. The van der Waals surface area contributed by atoms with Crippen LogP contribution in [0, 0.1) is 12.8 Å². The predicted molar refractivity (Wildman–Crippen MR) is 71.3 cm³/mol. The van der Waals surface area contributed by atoms with Gasteiger partial charge in [-0.15, -0.1) is 11.3 Å². The van der Waals surface area contributed by atoms with Crippen LogP contribution in [-0.4, -0.2) is 30.1 Å². The Balaban J connectivity index is 1.82. The number of fused-ring (bicyclic) bond motifs is 2. The highest BCUT2D eigenvalue weighted by Gasteiger charge is 2.39. The summed E-state index contributed by atoms with van der Waals surface area (Å²) in [6, 6.07) is 0.649. The molecule has 2 aliphatic rings. The third kappa shape index (κ3) is 1.90. The van der Waals surface area contributed by atoms with Crippen molar-refractivity contribution in [3.63, 3.8) is 0 Å². The smallest absolute Gasteiger partial charge is 0.358 e. The van der Waals surface area contributed by atoms with Crippen molar-refractivity contribution in [1.29, 1.82) is 0 Å². The third-order valence-electron chi connectivity index (χ3n) is 3.91. The fourth-order valence-corrected chi connectivity index (χ4v) is 4.03. The van der Waals surface area contributed by atoms with E-state index >= 15 is 0 Å². The van der Waals surface area contributed by atoms with E-state index in [9.17, 15) is 4.79 Å². The van der Waals surface area contributed by atoms with Crippen molar-refractivity contribution in [3.05, 3.63) is 10.6 Å². The zero-order valence-corrected chi connectivity index (χ0v) is 11.6. The van der Waals surface area contributed by atoms with Gasteiger partial charge in [-0.2, -0.15) is 0 Å². The zero-order valence-electron chi connectivity index (χ0n) is 10.8. The molecule has 4 nitrogen and oxygen atoms in total. The number of rotatable bonds is 3. The lowest BCUT2D eigenvalue weighted by molar-refractivity contribution is 0.0519. The standard InChI is InChI=1S/C13H18N2O2S/c1-3-17-12(16)11-8(2)18-13(14-11)15-7-9-4-5-10(15)6-9/h9-10H,3-7H2,1-2H3. The minimum atomic E-state index is -0.290. The van der Waals surface area contributed by atoms with Gasteiger partial charge in [0.15, 0.2) is 10.8 Å². The summed E-state index contributed by atoms with van der Waals surface area (Å²) in [7, 11) is 0. The van der Waals surface area contributed by atoms with Crippen molar-refractivity contribution in [2.24, 2.45) is 5.92 Å². The Bertz CT molecular complexity index is 472. The number of ether oxygens (including phenoxy) is 1. The highest BCUT2D eigenvalue weighted by atomic mass is 32.1. The molecule has 1 aromatic heterocycles. The second kappa shape index (κ2) is 4.53. The molecule has 2 atom stereocenters. The molecule has 0 spiro atoms. The van der Waals surface area contributed by atoms with E-state index in [1.807, 2.05) is 13.8 Å². The van der Waals surface area contributed by atoms with Gasteiger partial charge in [0, 0.05) is 17.5 Å². The van der Waals surface area contributed by atoms with Gasteiger partial charge in [-0.25, -0.2) is 9.78 Å². The highest BCUT2D eigenvalue weighted by molar-refractivity contribution is 7.15. The zero-order chi connectivity index (χ0) is 12.7. The molecule has 1 aromatic rings. The molecule has 2 bridgehead atoms. The molecule has 18 heavy (non-hydrogen) atoms. The fourth-order valence-electron chi connectivity index (χ4n) is 3.05. The monoisotopic (exact) mass is 266 g/mol. The summed E-state index contributed by atoms with van der Waals surface area (Å²) in [6.07, 6.45) is 3.93. The number of nitrogens with zero attached hydrogens (tertiary/aromatic N) is 2. The second-order valence-electron chi connectivity index (χ2n) is 5.11. The van der Waals surface area contributed by atoms with E-state index in [4.69, 9.17) is 4.74 Å². The molecule has 2 heterocycles. The number of anilines is 1. The van der Waals surface area contributed by atoms with Crippen molar-refractivity contribution < 1.29 is 9.53 Å². The number of carbonyl (C=O) groups excluding carboxylic acids is 1.